The Morgan fingerprint density at radius 3 is 2.83 bits per heavy atom. The normalized spacial score (nSPS) is 9.44. The standard InChI is InChI=1S/C9H11N5O2.2ClH/c1-16-8(15)6-4-11-9-12-7(2-3-10)13-14(9)5-6;;/h4-5H,2-3,10H2,1H3;2*1H. The Hall–Kier alpha value is -1.44. The summed E-state index contributed by atoms with van der Waals surface area (Å²) in [7, 11) is 1.31. The molecule has 0 atom stereocenters. The summed E-state index contributed by atoms with van der Waals surface area (Å²) in [5.41, 5.74) is 5.73. The Bertz CT molecular complexity index is 531. The SMILES string of the molecule is COC(=O)c1cnc2nc(CCN)nn2c1.Cl.Cl. The van der Waals surface area contributed by atoms with E-state index < -0.39 is 5.97 Å². The van der Waals surface area contributed by atoms with Gasteiger partial charge in [0.05, 0.1) is 12.7 Å². The molecule has 0 spiro atoms. The van der Waals surface area contributed by atoms with Gasteiger partial charge in [-0.15, -0.1) is 29.9 Å². The smallest absolute Gasteiger partial charge is 0.341 e. The lowest BCUT2D eigenvalue weighted by Crippen LogP contribution is -2.05. The lowest BCUT2D eigenvalue weighted by Gasteiger charge is -1.97. The average molecular weight is 294 g/mol. The van der Waals surface area contributed by atoms with Crippen molar-refractivity contribution in [1.29, 1.82) is 0 Å². The predicted molar refractivity (Wildman–Crippen MR) is 69.4 cm³/mol. The van der Waals surface area contributed by atoms with Gasteiger partial charge in [-0.3, -0.25) is 0 Å². The molecule has 0 bridgehead atoms. The van der Waals surface area contributed by atoms with Crippen molar-refractivity contribution in [2.75, 3.05) is 13.7 Å². The molecule has 18 heavy (non-hydrogen) atoms. The molecule has 0 fully saturated rings. The molecule has 100 valence electrons. The minimum absolute atomic E-state index is 0. The van der Waals surface area contributed by atoms with Gasteiger partial charge < -0.3 is 10.5 Å². The van der Waals surface area contributed by atoms with Gasteiger partial charge in [-0.2, -0.15) is 4.98 Å². The summed E-state index contributed by atoms with van der Waals surface area (Å²) >= 11 is 0. The maximum absolute atomic E-state index is 11.2. The number of rotatable bonds is 3. The second-order valence-electron chi connectivity index (χ2n) is 3.15. The van der Waals surface area contributed by atoms with Gasteiger partial charge in [-0.1, -0.05) is 0 Å². The van der Waals surface area contributed by atoms with Crippen molar-refractivity contribution in [2.24, 2.45) is 5.73 Å². The summed E-state index contributed by atoms with van der Waals surface area (Å²) in [5.74, 6) is 0.596. The molecule has 7 nitrogen and oxygen atoms in total. The average Bonchev–Trinajstić information content (AvgIpc) is 2.69. The Labute approximate surface area is 116 Å². The maximum atomic E-state index is 11.2. The second-order valence-corrected chi connectivity index (χ2v) is 3.15. The molecule has 0 saturated heterocycles. The number of hydrogen-bond donors (Lipinski definition) is 1. The van der Waals surface area contributed by atoms with Crippen LogP contribution in [0, 0.1) is 0 Å². The highest BCUT2D eigenvalue weighted by Crippen LogP contribution is 2.03. The number of nitrogens with zero attached hydrogens (tertiary/aromatic N) is 4. The van der Waals surface area contributed by atoms with E-state index in [9.17, 15) is 4.79 Å². The maximum Gasteiger partial charge on any atom is 0.341 e. The first-order valence-electron chi connectivity index (χ1n) is 4.74. The molecule has 0 unspecified atom stereocenters. The summed E-state index contributed by atoms with van der Waals surface area (Å²) in [6.07, 6.45) is 3.51. The lowest BCUT2D eigenvalue weighted by molar-refractivity contribution is 0.0599. The van der Waals surface area contributed by atoms with Crippen molar-refractivity contribution >= 4 is 36.6 Å². The van der Waals surface area contributed by atoms with Crippen molar-refractivity contribution in [3.8, 4) is 0 Å². The highest BCUT2D eigenvalue weighted by molar-refractivity contribution is 5.88. The quantitative estimate of drug-likeness (QED) is 0.816. The molecular formula is C9H13Cl2N5O2. The summed E-state index contributed by atoms with van der Waals surface area (Å²) in [6.45, 7) is 0.473. The van der Waals surface area contributed by atoms with E-state index in [-0.39, 0.29) is 24.8 Å². The number of fused-ring (bicyclic) bond motifs is 1. The van der Waals surface area contributed by atoms with Crippen molar-refractivity contribution in [1.82, 2.24) is 19.6 Å². The number of carbonyl (C=O) groups excluding carboxylic acids is 1. The first-order chi connectivity index (χ1) is 7.74. The molecule has 2 N–H and O–H groups in total. The number of hydrogen-bond acceptors (Lipinski definition) is 6. The molecule has 2 aromatic rings. The van der Waals surface area contributed by atoms with Gasteiger partial charge in [0.1, 0.15) is 0 Å². The Morgan fingerprint density at radius 2 is 2.22 bits per heavy atom. The number of nitrogens with two attached hydrogens (primary N) is 1. The molecule has 2 rings (SSSR count). The first kappa shape index (κ1) is 16.6. The number of halogens is 2. The van der Waals surface area contributed by atoms with Crippen LogP contribution in [-0.4, -0.2) is 39.2 Å². The van der Waals surface area contributed by atoms with Crippen molar-refractivity contribution in [2.45, 2.75) is 6.42 Å². The topological polar surface area (TPSA) is 95.4 Å². The van der Waals surface area contributed by atoms with Crippen LogP contribution in [-0.2, 0) is 11.2 Å². The summed E-state index contributed by atoms with van der Waals surface area (Å²) in [4.78, 5) is 19.4. The van der Waals surface area contributed by atoms with E-state index in [1.807, 2.05) is 0 Å². The molecule has 0 saturated carbocycles. The van der Waals surface area contributed by atoms with Crippen LogP contribution >= 0.6 is 24.8 Å². The fourth-order valence-corrected chi connectivity index (χ4v) is 1.28. The Balaban J connectivity index is 0.00000144. The van der Waals surface area contributed by atoms with Crippen molar-refractivity contribution in [3.63, 3.8) is 0 Å². The van der Waals surface area contributed by atoms with E-state index >= 15 is 0 Å². The molecule has 9 heteroatoms. The highest BCUT2D eigenvalue weighted by Gasteiger charge is 2.09. The van der Waals surface area contributed by atoms with Gasteiger partial charge in [-0.25, -0.2) is 14.3 Å². The van der Waals surface area contributed by atoms with Gasteiger partial charge in [0, 0.05) is 18.8 Å². The number of ether oxygens (including phenoxy) is 1. The highest BCUT2D eigenvalue weighted by atomic mass is 35.5. The summed E-state index contributed by atoms with van der Waals surface area (Å²) in [5, 5.41) is 4.14. The molecular weight excluding hydrogens is 281 g/mol. The minimum Gasteiger partial charge on any atom is -0.465 e. The second kappa shape index (κ2) is 7.10. The third-order valence-corrected chi connectivity index (χ3v) is 2.03. The summed E-state index contributed by atoms with van der Waals surface area (Å²) < 4.78 is 6.02. The van der Waals surface area contributed by atoms with E-state index in [4.69, 9.17) is 5.73 Å². The molecule has 0 aliphatic heterocycles. The van der Waals surface area contributed by atoms with Gasteiger partial charge in [-0.05, 0) is 6.54 Å². The molecule has 2 aromatic heterocycles. The lowest BCUT2D eigenvalue weighted by atomic mass is 10.3. The largest absolute Gasteiger partial charge is 0.465 e. The van der Waals surface area contributed by atoms with E-state index in [2.05, 4.69) is 19.8 Å². The van der Waals surface area contributed by atoms with Crippen LogP contribution in [0.15, 0.2) is 12.4 Å². The van der Waals surface area contributed by atoms with Crippen LogP contribution in [0.25, 0.3) is 5.78 Å². The molecule has 0 aromatic carbocycles. The van der Waals surface area contributed by atoms with Crippen LogP contribution in [0.5, 0.6) is 0 Å². The minimum atomic E-state index is -0.453. The molecule has 0 radical (unpaired) electrons. The molecule has 0 aliphatic carbocycles. The number of aromatic nitrogens is 4. The Morgan fingerprint density at radius 1 is 1.50 bits per heavy atom. The van der Waals surface area contributed by atoms with Crippen LogP contribution in [0.2, 0.25) is 0 Å². The van der Waals surface area contributed by atoms with Gasteiger partial charge in [0.25, 0.3) is 5.78 Å². The third-order valence-electron chi connectivity index (χ3n) is 2.03. The fraction of sp³-hybridized carbons (Fsp3) is 0.333. The van der Waals surface area contributed by atoms with Crippen LogP contribution < -0.4 is 5.73 Å². The van der Waals surface area contributed by atoms with Crippen LogP contribution in [0.3, 0.4) is 0 Å². The van der Waals surface area contributed by atoms with E-state index in [1.165, 1.54) is 24.0 Å². The van der Waals surface area contributed by atoms with E-state index in [1.54, 1.807) is 0 Å². The van der Waals surface area contributed by atoms with E-state index in [0.29, 0.717) is 30.1 Å². The van der Waals surface area contributed by atoms with Gasteiger partial charge >= 0.3 is 5.97 Å². The third kappa shape index (κ3) is 3.28. The van der Waals surface area contributed by atoms with Crippen molar-refractivity contribution < 1.29 is 9.53 Å². The monoisotopic (exact) mass is 293 g/mol. The number of methoxy groups -OCH3 is 1. The van der Waals surface area contributed by atoms with Crippen molar-refractivity contribution in [3.05, 3.63) is 23.8 Å². The zero-order valence-electron chi connectivity index (χ0n) is 9.57. The zero-order chi connectivity index (χ0) is 11.5. The Kier molecular flexibility index (Phi) is 6.53. The first-order valence-corrected chi connectivity index (χ1v) is 4.74. The van der Waals surface area contributed by atoms with E-state index in [0.717, 1.165) is 0 Å². The van der Waals surface area contributed by atoms with Crippen LogP contribution in [0.4, 0.5) is 0 Å². The van der Waals surface area contributed by atoms with Gasteiger partial charge in [0.2, 0.25) is 0 Å². The molecule has 0 amide bonds. The van der Waals surface area contributed by atoms with Crippen LogP contribution in [0.1, 0.15) is 16.2 Å². The molecule has 0 aliphatic rings. The van der Waals surface area contributed by atoms with Gasteiger partial charge in [0.15, 0.2) is 5.82 Å². The molecule has 2 heterocycles. The zero-order valence-corrected chi connectivity index (χ0v) is 11.2. The number of carbonyl (C=O) groups is 1. The summed E-state index contributed by atoms with van der Waals surface area (Å²) in [6, 6.07) is 0. The fourth-order valence-electron chi connectivity index (χ4n) is 1.28. The predicted octanol–water partition coefficient (Wildman–Crippen LogP) is 0.256. The number of esters is 1.